The molecule has 1 aliphatic rings. The lowest BCUT2D eigenvalue weighted by Crippen LogP contribution is -2.38. The highest BCUT2D eigenvalue weighted by Gasteiger charge is 2.32. The van der Waals surface area contributed by atoms with Crippen LogP contribution in [-0.4, -0.2) is 15.7 Å². The van der Waals surface area contributed by atoms with Gasteiger partial charge in [0, 0.05) is 18.8 Å². The summed E-state index contributed by atoms with van der Waals surface area (Å²) in [7, 11) is 0. The van der Waals surface area contributed by atoms with Gasteiger partial charge in [-0.15, -0.1) is 0 Å². The van der Waals surface area contributed by atoms with Crippen LogP contribution in [0.2, 0.25) is 0 Å². The molecule has 0 spiro atoms. The first kappa shape index (κ1) is 11.6. The van der Waals surface area contributed by atoms with Crippen molar-refractivity contribution in [2.75, 3.05) is 0 Å². The molecule has 1 unspecified atom stereocenters. The molecule has 1 fully saturated rings. The van der Waals surface area contributed by atoms with E-state index < -0.39 is 5.60 Å². The van der Waals surface area contributed by atoms with E-state index in [1.54, 1.807) is 6.20 Å². The van der Waals surface area contributed by atoms with Crippen molar-refractivity contribution in [2.45, 2.75) is 51.0 Å². The fourth-order valence-corrected chi connectivity index (χ4v) is 2.78. The van der Waals surface area contributed by atoms with Crippen LogP contribution in [0.5, 0.6) is 0 Å². The number of nitrogens with zero attached hydrogens (tertiary/aromatic N) is 1. The molecular formula is C14H21NO. The third-order valence-electron chi connectivity index (χ3n) is 3.77. The molecule has 0 aromatic carbocycles. The molecule has 1 aromatic heterocycles. The molecule has 88 valence electrons. The summed E-state index contributed by atoms with van der Waals surface area (Å²) < 4.78 is 0. The maximum atomic E-state index is 10.6. The van der Waals surface area contributed by atoms with Crippen molar-refractivity contribution in [1.82, 2.24) is 4.98 Å². The number of aliphatic hydroxyl groups is 1. The van der Waals surface area contributed by atoms with Crippen molar-refractivity contribution in [2.24, 2.45) is 5.92 Å². The lowest BCUT2D eigenvalue weighted by Gasteiger charge is -2.35. The zero-order valence-corrected chi connectivity index (χ0v) is 10.0. The van der Waals surface area contributed by atoms with Gasteiger partial charge in [0.15, 0.2) is 0 Å². The standard InChI is InChI=1S/C14H21NO/c1-14(16,13-7-3-2-4-8-13)10-12-6-5-9-15-11-12/h5-6,9,11,13,16H,2-4,7-8,10H2,1H3. The molecule has 1 N–H and O–H groups in total. The maximum absolute atomic E-state index is 10.6. The van der Waals surface area contributed by atoms with E-state index in [1.165, 1.54) is 32.1 Å². The van der Waals surface area contributed by atoms with Gasteiger partial charge < -0.3 is 5.11 Å². The molecule has 16 heavy (non-hydrogen) atoms. The number of aromatic nitrogens is 1. The smallest absolute Gasteiger partial charge is 0.0688 e. The zero-order chi connectivity index (χ0) is 11.4. The van der Waals surface area contributed by atoms with Gasteiger partial charge in [0.05, 0.1) is 5.60 Å². The fourth-order valence-electron chi connectivity index (χ4n) is 2.78. The van der Waals surface area contributed by atoms with E-state index >= 15 is 0 Å². The monoisotopic (exact) mass is 219 g/mol. The largest absolute Gasteiger partial charge is 0.390 e. The Balaban J connectivity index is 2.01. The molecule has 0 bridgehead atoms. The number of pyridine rings is 1. The summed E-state index contributed by atoms with van der Waals surface area (Å²) in [6, 6.07) is 3.98. The molecule has 1 aromatic rings. The topological polar surface area (TPSA) is 33.1 Å². The van der Waals surface area contributed by atoms with Crippen LogP contribution in [0.15, 0.2) is 24.5 Å². The normalized spacial score (nSPS) is 21.6. The second kappa shape index (κ2) is 4.96. The van der Waals surface area contributed by atoms with Crippen LogP contribution in [0.4, 0.5) is 0 Å². The molecule has 1 saturated carbocycles. The summed E-state index contributed by atoms with van der Waals surface area (Å²) in [5.41, 5.74) is 0.571. The van der Waals surface area contributed by atoms with E-state index in [4.69, 9.17) is 0 Å². The molecule has 1 heterocycles. The highest BCUT2D eigenvalue weighted by atomic mass is 16.3. The van der Waals surface area contributed by atoms with Crippen molar-refractivity contribution in [3.8, 4) is 0 Å². The summed E-state index contributed by atoms with van der Waals surface area (Å²) in [4.78, 5) is 4.10. The Morgan fingerprint density at radius 3 is 2.75 bits per heavy atom. The minimum absolute atomic E-state index is 0.460. The van der Waals surface area contributed by atoms with Gasteiger partial charge in [-0.05, 0) is 37.3 Å². The molecular weight excluding hydrogens is 198 g/mol. The first-order valence-electron chi connectivity index (χ1n) is 6.30. The summed E-state index contributed by atoms with van der Waals surface area (Å²) in [6.07, 6.45) is 10.6. The van der Waals surface area contributed by atoms with E-state index in [0.717, 1.165) is 12.0 Å². The third kappa shape index (κ3) is 2.82. The van der Waals surface area contributed by atoms with E-state index in [2.05, 4.69) is 4.98 Å². The molecule has 0 aliphatic heterocycles. The minimum atomic E-state index is -0.566. The molecule has 1 atom stereocenters. The van der Waals surface area contributed by atoms with E-state index in [9.17, 15) is 5.11 Å². The van der Waals surface area contributed by atoms with Crippen molar-refractivity contribution < 1.29 is 5.11 Å². The Bertz CT molecular complexity index is 315. The quantitative estimate of drug-likeness (QED) is 0.848. The molecule has 1 aliphatic carbocycles. The van der Waals surface area contributed by atoms with Crippen molar-refractivity contribution in [1.29, 1.82) is 0 Å². The van der Waals surface area contributed by atoms with Crippen LogP contribution in [0, 0.1) is 5.92 Å². The van der Waals surface area contributed by atoms with Gasteiger partial charge >= 0.3 is 0 Å². The molecule has 0 amide bonds. The van der Waals surface area contributed by atoms with E-state index in [-0.39, 0.29) is 0 Å². The molecule has 0 saturated heterocycles. The van der Waals surface area contributed by atoms with Crippen LogP contribution in [0.25, 0.3) is 0 Å². The Kier molecular flexibility index (Phi) is 3.59. The fraction of sp³-hybridized carbons (Fsp3) is 0.643. The minimum Gasteiger partial charge on any atom is -0.390 e. The highest BCUT2D eigenvalue weighted by molar-refractivity contribution is 5.12. The summed E-state index contributed by atoms with van der Waals surface area (Å²) in [5.74, 6) is 0.460. The third-order valence-corrected chi connectivity index (χ3v) is 3.77. The number of rotatable bonds is 3. The van der Waals surface area contributed by atoms with E-state index in [0.29, 0.717) is 5.92 Å². The van der Waals surface area contributed by atoms with Crippen molar-refractivity contribution >= 4 is 0 Å². The van der Waals surface area contributed by atoms with Gasteiger partial charge in [0.2, 0.25) is 0 Å². The average molecular weight is 219 g/mol. The van der Waals surface area contributed by atoms with Gasteiger partial charge in [-0.25, -0.2) is 0 Å². The van der Waals surface area contributed by atoms with Gasteiger partial charge in [-0.2, -0.15) is 0 Å². The van der Waals surface area contributed by atoms with Crippen LogP contribution in [0.1, 0.15) is 44.6 Å². The summed E-state index contributed by atoms with van der Waals surface area (Å²) >= 11 is 0. The molecule has 0 radical (unpaired) electrons. The highest BCUT2D eigenvalue weighted by Crippen LogP contribution is 2.34. The Hall–Kier alpha value is -0.890. The predicted molar refractivity (Wildman–Crippen MR) is 65.1 cm³/mol. The van der Waals surface area contributed by atoms with Crippen molar-refractivity contribution in [3.63, 3.8) is 0 Å². The van der Waals surface area contributed by atoms with Gasteiger partial charge in [-0.1, -0.05) is 25.3 Å². The SMILES string of the molecule is CC(O)(Cc1cccnc1)C1CCCCC1. The molecule has 2 rings (SSSR count). The van der Waals surface area contributed by atoms with Crippen molar-refractivity contribution in [3.05, 3.63) is 30.1 Å². The van der Waals surface area contributed by atoms with Crippen LogP contribution in [-0.2, 0) is 6.42 Å². The maximum Gasteiger partial charge on any atom is 0.0688 e. The first-order valence-corrected chi connectivity index (χ1v) is 6.30. The van der Waals surface area contributed by atoms with E-state index in [1.807, 2.05) is 25.3 Å². The second-order valence-corrected chi connectivity index (χ2v) is 5.23. The summed E-state index contributed by atoms with van der Waals surface area (Å²) in [6.45, 7) is 1.98. The lowest BCUT2D eigenvalue weighted by molar-refractivity contribution is -0.0160. The number of hydrogen-bond acceptors (Lipinski definition) is 2. The molecule has 2 nitrogen and oxygen atoms in total. The average Bonchev–Trinajstić information content (AvgIpc) is 2.31. The van der Waals surface area contributed by atoms with Gasteiger partial charge in [-0.3, -0.25) is 4.98 Å². The van der Waals surface area contributed by atoms with Crippen LogP contribution in [0.3, 0.4) is 0 Å². The molecule has 2 heteroatoms. The Morgan fingerprint density at radius 1 is 1.38 bits per heavy atom. The lowest BCUT2D eigenvalue weighted by atomic mass is 9.75. The van der Waals surface area contributed by atoms with Gasteiger partial charge in [0.1, 0.15) is 0 Å². The van der Waals surface area contributed by atoms with Gasteiger partial charge in [0.25, 0.3) is 0 Å². The second-order valence-electron chi connectivity index (χ2n) is 5.23. The number of hydrogen-bond donors (Lipinski definition) is 1. The van der Waals surface area contributed by atoms with Crippen LogP contribution < -0.4 is 0 Å². The van der Waals surface area contributed by atoms with Crippen LogP contribution >= 0.6 is 0 Å². The Labute approximate surface area is 97.7 Å². The zero-order valence-electron chi connectivity index (χ0n) is 10.0. The Morgan fingerprint density at radius 2 is 2.12 bits per heavy atom. The first-order chi connectivity index (χ1) is 7.68. The summed E-state index contributed by atoms with van der Waals surface area (Å²) in [5, 5.41) is 10.6. The predicted octanol–water partition coefficient (Wildman–Crippen LogP) is 2.96.